The van der Waals surface area contributed by atoms with E-state index in [0.717, 1.165) is 22.5 Å². The van der Waals surface area contributed by atoms with Gasteiger partial charge in [-0.3, -0.25) is 9.10 Å². The zero-order valence-electron chi connectivity index (χ0n) is 20.2. The largest absolute Gasteiger partial charge is 0.493 e. The lowest BCUT2D eigenvalue weighted by Gasteiger charge is -2.25. The molecule has 0 atom stereocenters. The Morgan fingerprint density at radius 1 is 1.09 bits per heavy atom. The van der Waals surface area contributed by atoms with E-state index in [2.05, 4.69) is 5.32 Å². The number of rotatable bonds is 12. The van der Waals surface area contributed by atoms with Crippen LogP contribution >= 0.6 is 11.8 Å². The minimum atomic E-state index is -4.29. The first kappa shape index (κ1) is 27.1. The van der Waals surface area contributed by atoms with Gasteiger partial charge in [-0.05, 0) is 49.3 Å². The van der Waals surface area contributed by atoms with E-state index in [0.29, 0.717) is 17.5 Å². The van der Waals surface area contributed by atoms with Crippen molar-refractivity contribution in [2.45, 2.75) is 48.7 Å². The number of nitrogens with zero attached hydrogens (tertiary/aromatic N) is 1. The molecular weight excluding hydrogens is 491 g/mol. The Bertz CT molecular complexity index is 1090. The van der Waals surface area contributed by atoms with Crippen LogP contribution in [0.3, 0.4) is 0 Å². The molecule has 1 aliphatic carbocycles. The summed E-state index contributed by atoms with van der Waals surface area (Å²) in [5, 5.41) is 3.48. The van der Waals surface area contributed by atoms with E-state index < -0.39 is 28.3 Å². The van der Waals surface area contributed by atoms with Gasteiger partial charge in [0.1, 0.15) is 12.4 Å². The van der Waals surface area contributed by atoms with Crippen LogP contribution < -0.4 is 19.1 Å². The summed E-state index contributed by atoms with van der Waals surface area (Å²) in [6, 6.07) is 9.57. The van der Waals surface area contributed by atoms with Crippen molar-refractivity contribution < 1.29 is 27.1 Å². The van der Waals surface area contributed by atoms with Crippen molar-refractivity contribution in [3.05, 3.63) is 48.3 Å². The second kappa shape index (κ2) is 13.0. The molecule has 0 saturated heterocycles. The van der Waals surface area contributed by atoms with Crippen molar-refractivity contribution in [3.63, 3.8) is 0 Å². The molecule has 3 rings (SSSR count). The summed E-state index contributed by atoms with van der Waals surface area (Å²) in [6.07, 6.45) is 7.18. The highest BCUT2D eigenvalue weighted by molar-refractivity contribution is 7.99. The lowest BCUT2D eigenvalue weighted by Crippen LogP contribution is -2.41. The molecule has 0 unspecified atom stereocenters. The molecule has 1 amide bonds. The molecule has 0 aliphatic heterocycles. The quantitative estimate of drug-likeness (QED) is 0.408. The number of nitrogens with one attached hydrogen (secondary N) is 1. The second-order valence-electron chi connectivity index (χ2n) is 8.31. The van der Waals surface area contributed by atoms with Gasteiger partial charge < -0.3 is 14.8 Å². The smallest absolute Gasteiger partial charge is 0.265 e. The van der Waals surface area contributed by atoms with E-state index in [1.165, 1.54) is 82.7 Å². The molecular formula is C25H33FN2O5S2. The molecule has 35 heavy (non-hydrogen) atoms. The van der Waals surface area contributed by atoms with Crippen molar-refractivity contribution in [1.82, 2.24) is 5.32 Å². The van der Waals surface area contributed by atoms with Gasteiger partial charge in [0.05, 0.1) is 24.8 Å². The SMILES string of the molecule is COc1ccc(S(=O)(=O)N(CC(=O)NCCCSC2CCCCC2)c2ccccc2F)cc1OC. The third-order valence-corrected chi connectivity index (χ3v) is 9.12. The van der Waals surface area contributed by atoms with Gasteiger partial charge in [0.25, 0.3) is 10.0 Å². The number of hydrogen-bond donors (Lipinski definition) is 1. The molecule has 0 spiro atoms. The Labute approximate surface area is 211 Å². The third-order valence-electron chi connectivity index (χ3n) is 5.90. The molecule has 0 bridgehead atoms. The van der Waals surface area contributed by atoms with Crippen molar-refractivity contribution in [1.29, 1.82) is 0 Å². The molecule has 0 aromatic heterocycles. The highest BCUT2D eigenvalue weighted by Gasteiger charge is 2.30. The van der Waals surface area contributed by atoms with Crippen LogP contribution in [0.5, 0.6) is 11.5 Å². The maximum absolute atomic E-state index is 14.6. The molecule has 0 heterocycles. The maximum Gasteiger partial charge on any atom is 0.265 e. The molecule has 1 aliphatic rings. The zero-order chi connectivity index (χ0) is 25.3. The summed E-state index contributed by atoms with van der Waals surface area (Å²) in [4.78, 5) is 12.6. The number of sulfonamides is 1. The van der Waals surface area contributed by atoms with Gasteiger partial charge in [-0.25, -0.2) is 12.8 Å². The Morgan fingerprint density at radius 2 is 1.80 bits per heavy atom. The molecule has 1 saturated carbocycles. The van der Waals surface area contributed by atoms with E-state index in [9.17, 15) is 17.6 Å². The van der Waals surface area contributed by atoms with Crippen LogP contribution in [0.4, 0.5) is 10.1 Å². The van der Waals surface area contributed by atoms with Gasteiger partial charge in [0.15, 0.2) is 11.5 Å². The third kappa shape index (κ3) is 7.27. The van der Waals surface area contributed by atoms with Crippen LogP contribution in [-0.4, -0.2) is 52.6 Å². The van der Waals surface area contributed by atoms with Crippen LogP contribution in [0.15, 0.2) is 47.4 Å². The lowest BCUT2D eigenvalue weighted by atomic mass is 10.0. The number of thioether (sulfide) groups is 1. The predicted molar refractivity (Wildman–Crippen MR) is 137 cm³/mol. The van der Waals surface area contributed by atoms with Gasteiger partial charge in [-0.1, -0.05) is 31.4 Å². The predicted octanol–water partition coefficient (Wildman–Crippen LogP) is 4.61. The number of methoxy groups -OCH3 is 2. The fourth-order valence-electron chi connectivity index (χ4n) is 4.03. The van der Waals surface area contributed by atoms with Crippen LogP contribution in [0.2, 0.25) is 0 Å². The summed E-state index contributed by atoms with van der Waals surface area (Å²) >= 11 is 1.94. The van der Waals surface area contributed by atoms with Crippen LogP contribution in [-0.2, 0) is 14.8 Å². The van der Waals surface area contributed by atoms with Crippen LogP contribution in [0.25, 0.3) is 0 Å². The minimum Gasteiger partial charge on any atom is -0.493 e. The number of amides is 1. The molecule has 2 aromatic rings. The van der Waals surface area contributed by atoms with E-state index in [4.69, 9.17) is 9.47 Å². The summed E-state index contributed by atoms with van der Waals surface area (Å²) in [5.41, 5.74) is -0.203. The fourth-order valence-corrected chi connectivity index (χ4v) is 6.78. The van der Waals surface area contributed by atoms with Gasteiger partial charge >= 0.3 is 0 Å². The second-order valence-corrected chi connectivity index (χ2v) is 11.6. The Kier molecular flexibility index (Phi) is 10.1. The minimum absolute atomic E-state index is 0.143. The topological polar surface area (TPSA) is 84.9 Å². The molecule has 1 fully saturated rings. The first-order chi connectivity index (χ1) is 16.9. The number of carbonyl (C=O) groups excluding carboxylic acids is 1. The summed E-state index contributed by atoms with van der Waals surface area (Å²) < 4.78 is 52.9. The molecule has 1 N–H and O–H groups in total. The van der Waals surface area contributed by atoms with Crippen molar-refractivity contribution >= 4 is 33.4 Å². The van der Waals surface area contributed by atoms with Crippen LogP contribution in [0, 0.1) is 5.82 Å². The Hall–Kier alpha value is -2.46. The van der Waals surface area contributed by atoms with Gasteiger partial charge in [0.2, 0.25) is 5.91 Å². The summed E-state index contributed by atoms with van der Waals surface area (Å²) in [6.45, 7) is -0.118. The monoisotopic (exact) mass is 524 g/mol. The molecule has 7 nitrogen and oxygen atoms in total. The average molecular weight is 525 g/mol. The van der Waals surface area contributed by atoms with Crippen LogP contribution in [0.1, 0.15) is 38.5 Å². The van der Waals surface area contributed by atoms with E-state index in [-0.39, 0.29) is 16.3 Å². The first-order valence-electron chi connectivity index (χ1n) is 11.7. The average Bonchev–Trinajstić information content (AvgIpc) is 2.87. The van der Waals surface area contributed by atoms with Gasteiger partial charge in [-0.15, -0.1) is 0 Å². The summed E-state index contributed by atoms with van der Waals surface area (Å²) in [5.74, 6) is 0.259. The fraction of sp³-hybridized carbons (Fsp3) is 0.480. The number of carbonyl (C=O) groups is 1. The van der Waals surface area contributed by atoms with E-state index in [1.807, 2.05) is 11.8 Å². The van der Waals surface area contributed by atoms with Gasteiger partial charge in [-0.2, -0.15) is 11.8 Å². The number of para-hydroxylation sites is 1. The number of benzene rings is 2. The number of ether oxygens (including phenoxy) is 2. The number of halogens is 1. The number of anilines is 1. The van der Waals surface area contributed by atoms with Crippen molar-refractivity contribution in [2.75, 3.05) is 37.4 Å². The zero-order valence-corrected chi connectivity index (χ0v) is 21.8. The highest BCUT2D eigenvalue weighted by Crippen LogP contribution is 2.33. The maximum atomic E-state index is 14.6. The van der Waals surface area contributed by atoms with Crippen molar-refractivity contribution in [3.8, 4) is 11.5 Å². The van der Waals surface area contributed by atoms with Gasteiger partial charge in [0, 0.05) is 17.9 Å². The molecule has 192 valence electrons. The molecule has 0 radical (unpaired) electrons. The van der Waals surface area contributed by atoms with E-state index >= 15 is 0 Å². The van der Waals surface area contributed by atoms with Crippen molar-refractivity contribution in [2.24, 2.45) is 0 Å². The molecule has 10 heteroatoms. The Morgan fingerprint density at radius 3 is 2.49 bits per heavy atom. The summed E-state index contributed by atoms with van der Waals surface area (Å²) in [7, 11) is -1.45. The van der Waals surface area contributed by atoms with E-state index in [1.54, 1.807) is 0 Å². The normalized spacial score (nSPS) is 14.4. The standard InChI is InChI=1S/C25H33FN2O5S2/c1-32-23-14-13-20(17-24(23)33-2)35(30,31)28(22-12-7-6-11-21(22)26)18-25(29)27-15-8-16-34-19-9-4-3-5-10-19/h6-7,11-14,17,19H,3-5,8-10,15-16,18H2,1-2H3,(H,27,29). The number of hydrogen-bond acceptors (Lipinski definition) is 6. The molecule has 2 aromatic carbocycles. The lowest BCUT2D eigenvalue weighted by molar-refractivity contribution is -0.119. The first-order valence-corrected chi connectivity index (χ1v) is 14.2. The highest BCUT2D eigenvalue weighted by atomic mass is 32.2. The Balaban J connectivity index is 1.70.